The average Bonchev–Trinajstić information content (AvgIpc) is 2.49. The van der Waals surface area contributed by atoms with Gasteiger partial charge in [0.05, 0.1) is 0 Å². The zero-order valence-electron chi connectivity index (χ0n) is 7.06. The highest BCUT2D eigenvalue weighted by Crippen LogP contribution is 2.25. The number of thiazole rings is 1. The lowest BCUT2D eigenvalue weighted by molar-refractivity contribution is 1.16. The van der Waals surface area contributed by atoms with Gasteiger partial charge in [0.2, 0.25) is 0 Å². The summed E-state index contributed by atoms with van der Waals surface area (Å²) in [7, 11) is 0. The van der Waals surface area contributed by atoms with E-state index in [0.717, 1.165) is 9.88 Å². The quantitative estimate of drug-likeness (QED) is 0.743. The van der Waals surface area contributed by atoms with E-state index < -0.39 is 0 Å². The molecular formula is C8H8N4S. The Kier molecular flexibility index (Phi) is 1.94. The molecule has 0 fully saturated rings. The Morgan fingerprint density at radius 1 is 1.31 bits per heavy atom. The first-order valence-corrected chi connectivity index (χ1v) is 4.59. The maximum Gasteiger partial charge on any atom is 0.188 e. The van der Waals surface area contributed by atoms with Crippen molar-refractivity contribution in [3.05, 3.63) is 23.3 Å². The van der Waals surface area contributed by atoms with Crippen LogP contribution in [-0.4, -0.2) is 15.0 Å². The van der Waals surface area contributed by atoms with Crippen LogP contribution in [0.3, 0.4) is 0 Å². The van der Waals surface area contributed by atoms with E-state index in [2.05, 4.69) is 15.0 Å². The number of hydrogen-bond donors (Lipinski definition) is 1. The third kappa shape index (κ3) is 1.50. The summed E-state index contributed by atoms with van der Waals surface area (Å²) in [4.78, 5) is 13.3. The molecule has 0 aliphatic rings. The molecule has 5 heteroatoms. The molecule has 2 rings (SSSR count). The fraction of sp³-hybridized carbons (Fsp3) is 0.125. The van der Waals surface area contributed by atoms with Crippen LogP contribution in [0, 0.1) is 6.92 Å². The van der Waals surface area contributed by atoms with E-state index in [1.54, 1.807) is 18.5 Å². The summed E-state index contributed by atoms with van der Waals surface area (Å²) >= 11 is 1.51. The van der Waals surface area contributed by atoms with Gasteiger partial charge in [0, 0.05) is 17.3 Å². The molecule has 2 N–H and O–H groups in total. The minimum absolute atomic E-state index is 0.562. The summed E-state index contributed by atoms with van der Waals surface area (Å²) in [6, 6.07) is 1.77. The Labute approximate surface area is 79.5 Å². The second kappa shape index (κ2) is 3.10. The van der Waals surface area contributed by atoms with Crippen molar-refractivity contribution in [2.45, 2.75) is 6.92 Å². The Bertz CT molecular complexity index is 390. The van der Waals surface area contributed by atoms with Crippen LogP contribution in [0.25, 0.3) is 10.8 Å². The van der Waals surface area contributed by atoms with Gasteiger partial charge in [-0.1, -0.05) is 0 Å². The molecule has 0 atom stereocenters. The first kappa shape index (κ1) is 8.12. The van der Waals surface area contributed by atoms with E-state index >= 15 is 0 Å². The van der Waals surface area contributed by atoms with Crippen LogP contribution in [0.1, 0.15) is 4.88 Å². The molecule has 2 aromatic rings. The predicted octanol–water partition coefficient (Wildman–Crippen LogP) is 1.49. The molecule has 0 saturated carbocycles. The van der Waals surface area contributed by atoms with Gasteiger partial charge in [-0.05, 0) is 13.0 Å². The van der Waals surface area contributed by atoms with Crippen molar-refractivity contribution in [2.75, 3.05) is 5.73 Å². The molecule has 66 valence electrons. The standard InChI is InChI=1S/C8H8N4S/c1-5-6(9)12-8(13-5)7-10-3-2-4-11-7/h2-4H,9H2,1H3. The average molecular weight is 192 g/mol. The van der Waals surface area contributed by atoms with E-state index in [0.29, 0.717) is 11.6 Å². The fourth-order valence-corrected chi connectivity index (χ4v) is 1.69. The Balaban J connectivity index is 2.48. The number of hydrogen-bond acceptors (Lipinski definition) is 5. The van der Waals surface area contributed by atoms with Crippen LogP contribution in [-0.2, 0) is 0 Å². The maximum atomic E-state index is 5.62. The third-order valence-corrected chi connectivity index (χ3v) is 2.57. The Morgan fingerprint density at radius 3 is 2.54 bits per heavy atom. The first-order valence-electron chi connectivity index (χ1n) is 3.77. The zero-order chi connectivity index (χ0) is 9.26. The summed E-state index contributed by atoms with van der Waals surface area (Å²) in [5.74, 6) is 1.19. The van der Waals surface area contributed by atoms with Gasteiger partial charge in [-0.25, -0.2) is 15.0 Å². The second-order valence-corrected chi connectivity index (χ2v) is 3.74. The molecule has 2 aromatic heterocycles. The molecule has 0 bridgehead atoms. The van der Waals surface area contributed by atoms with Crippen LogP contribution in [0.4, 0.5) is 5.82 Å². The summed E-state index contributed by atoms with van der Waals surface area (Å²) in [6.07, 6.45) is 3.38. The zero-order valence-corrected chi connectivity index (χ0v) is 7.88. The third-order valence-electron chi connectivity index (χ3n) is 1.59. The van der Waals surface area contributed by atoms with Crippen LogP contribution >= 0.6 is 11.3 Å². The normalized spacial score (nSPS) is 10.2. The fourth-order valence-electron chi connectivity index (χ4n) is 0.913. The van der Waals surface area contributed by atoms with E-state index in [1.807, 2.05) is 6.92 Å². The molecule has 0 saturated heterocycles. The molecule has 0 radical (unpaired) electrons. The van der Waals surface area contributed by atoms with E-state index in [1.165, 1.54) is 11.3 Å². The van der Waals surface area contributed by atoms with Gasteiger partial charge in [-0.2, -0.15) is 0 Å². The number of rotatable bonds is 1. The highest BCUT2D eigenvalue weighted by molar-refractivity contribution is 7.15. The Hall–Kier alpha value is -1.49. The van der Waals surface area contributed by atoms with Gasteiger partial charge in [-0.15, -0.1) is 11.3 Å². The monoisotopic (exact) mass is 192 g/mol. The number of aromatic nitrogens is 3. The lowest BCUT2D eigenvalue weighted by Gasteiger charge is -1.90. The van der Waals surface area contributed by atoms with E-state index in [-0.39, 0.29) is 0 Å². The van der Waals surface area contributed by atoms with Crippen molar-refractivity contribution in [1.29, 1.82) is 0 Å². The molecule has 0 aliphatic heterocycles. The number of anilines is 1. The van der Waals surface area contributed by atoms with Crippen LogP contribution < -0.4 is 5.73 Å². The minimum Gasteiger partial charge on any atom is -0.383 e. The van der Waals surface area contributed by atoms with E-state index in [9.17, 15) is 0 Å². The van der Waals surface area contributed by atoms with Gasteiger partial charge in [0.25, 0.3) is 0 Å². The van der Waals surface area contributed by atoms with Gasteiger partial charge in [0.1, 0.15) is 5.82 Å². The van der Waals surface area contributed by atoms with Crippen LogP contribution in [0.5, 0.6) is 0 Å². The molecule has 0 aliphatic carbocycles. The number of nitrogen functional groups attached to an aromatic ring is 1. The summed E-state index contributed by atoms with van der Waals surface area (Å²) in [5.41, 5.74) is 5.62. The van der Waals surface area contributed by atoms with E-state index in [4.69, 9.17) is 5.73 Å². The molecular weight excluding hydrogens is 184 g/mol. The molecule has 2 heterocycles. The number of aryl methyl sites for hydroxylation is 1. The van der Waals surface area contributed by atoms with Crippen LogP contribution in [0.15, 0.2) is 18.5 Å². The minimum atomic E-state index is 0.562. The largest absolute Gasteiger partial charge is 0.383 e. The summed E-state index contributed by atoms with van der Waals surface area (Å²) < 4.78 is 0. The van der Waals surface area contributed by atoms with Crippen molar-refractivity contribution in [1.82, 2.24) is 15.0 Å². The topological polar surface area (TPSA) is 64.7 Å². The predicted molar refractivity (Wildman–Crippen MR) is 52.3 cm³/mol. The number of nitrogens with zero attached hydrogens (tertiary/aromatic N) is 3. The molecule has 0 spiro atoms. The van der Waals surface area contributed by atoms with Gasteiger partial charge >= 0.3 is 0 Å². The lowest BCUT2D eigenvalue weighted by atomic mass is 10.5. The number of nitrogens with two attached hydrogens (primary N) is 1. The SMILES string of the molecule is Cc1sc(-c2ncccn2)nc1N. The smallest absolute Gasteiger partial charge is 0.188 e. The molecule has 4 nitrogen and oxygen atoms in total. The molecule has 13 heavy (non-hydrogen) atoms. The first-order chi connectivity index (χ1) is 6.27. The van der Waals surface area contributed by atoms with Crippen molar-refractivity contribution >= 4 is 17.2 Å². The van der Waals surface area contributed by atoms with Crippen molar-refractivity contribution in [3.63, 3.8) is 0 Å². The second-order valence-electron chi connectivity index (χ2n) is 2.53. The van der Waals surface area contributed by atoms with Gasteiger partial charge < -0.3 is 5.73 Å². The van der Waals surface area contributed by atoms with Crippen molar-refractivity contribution in [2.24, 2.45) is 0 Å². The maximum absolute atomic E-state index is 5.62. The summed E-state index contributed by atoms with van der Waals surface area (Å²) in [6.45, 7) is 1.93. The highest BCUT2D eigenvalue weighted by atomic mass is 32.1. The van der Waals surface area contributed by atoms with Crippen LogP contribution in [0.2, 0.25) is 0 Å². The molecule has 0 amide bonds. The van der Waals surface area contributed by atoms with Crippen molar-refractivity contribution < 1.29 is 0 Å². The summed E-state index contributed by atoms with van der Waals surface area (Å²) in [5, 5.41) is 0.774. The van der Waals surface area contributed by atoms with Gasteiger partial charge in [0.15, 0.2) is 10.8 Å². The Morgan fingerprint density at radius 2 is 2.00 bits per heavy atom. The molecule has 0 unspecified atom stereocenters. The highest BCUT2D eigenvalue weighted by Gasteiger charge is 2.07. The lowest BCUT2D eigenvalue weighted by Crippen LogP contribution is -1.88. The molecule has 0 aromatic carbocycles. The van der Waals surface area contributed by atoms with Gasteiger partial charge in [-0.3, -0.25) is 0 Å². The van der Waals surface area contributed by atoms with Crippen molar-refractivity contribution in [3.8, 4) is 10.8 Å².